The van der Waals surface area contributed by atoms with Crippen molar-refractivity contribution in [3.63, 3.8) is 0 Å². The van der Waals surface area contributed by atoms with E-state index in [9.17, 15) is 9.90 Å². The molecule has 1 fully saturated rings. The van der Waals surface area contributed by atoms with E-state index in [4.69, 9.17) is 5.73 Å². The van der Waals surface area contributed by atoms with Gasteiger partial charge in [-0.1, -0.05) is 42.8 Å². The number of rotatable bonds is 7. The van der Waals surface area contributed by atoms with Crippen molar-refractivity contribution in [2.75, 3.05) is 13.6 Å². The molecule has 0 amide bonds. The van der Waals surface area contributed by atoms with E-state index in [0.29, 0.717) is 11.4 Å². The van der Waals surface area contributed by atoms with E-state index in [0.717, 1.165) is 42.8 Å². The van der Waals surface area contributed by atoms with E-state index < -0.39 is 0 Å². The number of nitrogens with one attached hydrogen (secondary N) is 2. The fourth-order valence-electron chi connectivity index (χ4n) is 3.77. The number of phenols is 1. The summed E-state index contributed by atoms with van der Waals surface area (Å²) in [5.74, 6) is 1.25. The molecule has 30 heavy (non-hydrogen) atoms. The number of benzene rings is 2. The fourth-order valence-corrected chi connectivity index (χ4v) is 3.77. The smallest absolute Gasteiger partial charge is 0.165 e. The van der Waals surface area contributed by atoms with Crippen LogP contribution in [-0.4, -0.2) is 29.4 Å². The molecule has 0 radical (unpaired) electrons. The zero-order valence-corrected chi connectivity index (χ0v) is 17.2. The molecule has 0 unspecified atom stereocenters. The van der Waals surface area contributed by atoms with Crippen LogP contribution in [0.25, 0.3) is 5.70 Å². The van der Waals surface area contributed by atoms with Gasteiger partial charge >= 0.3 is 0 Å². The van der Waals surface area contributed by atoms with E-state index in [1.165, 1.54) is 12.0 Å². The highest BCUT2D eigenvalue weighted by molar-refractivity contribution is 5.98. The largest absolute Gasteiger partial charge is 0.507 e. The summed E-state index contributed by atoms with van der Waals surface area (Å²) in [6.45, 7) is 0.762. The minimum atomic E-state index is 0.206. The number of carbonyl (C=O) groups is 1. The maximum absolute atomic E-state index is 12.4. The van der Waals surface area contributed by atoms with Crippen molar-refractivity contribution in [1.82, 2.24) is 15.8 Å². The van der Waals surface area contributed by atoms with Gasteiger partial charge in [0, 0.05) is 30.6 Å². The Labute approximate surface area is 177 Å². The number of Topliss-reactive ketones (excluding diaryl/α,β-unsaturated/α-hetero) is 1. The molecule has 2 aliphatic rings. The van der Waals surface area contributed by atoms with Gasteiger partial charge in [0.25, 0.3) is 0 Å². The van der Waals surface area contributed by atoms with E-state index in [1.54, 1.807) is 12.1 Å². The van der Waals surface area contributed by atoms with Gasteiger partial charge in [-0.15, -0.1) is 0 Å². The zero-order valence-electron chi connectivity index (χ0n) is 17.2. The summed E-state index contributed by atoms with van der Waals surface area (Å²) < 4.78 is 0. The first-order chi connectivity index (χ1) is 14.5. The third-order valence-electron chi connectivity index (χ3n) is 5.94. The SMILES string of the molecule is CN(CCc1ccc(C(=O)C2CCC2)cc1)C1=C(N)NNC(c2ccccc2O)=C1. The van der Waals surface area contributed by atoms with Crippen LogP contribution >= 0.6 is 0 Å². The number of phenolic OH excluding ortho intramolecular Hbond substituents is 1. The highest BCUT2D eigenvalue weighted by Crippen LogP contribution is 2.30. The molecule has 6 nitrogen and oxygen atoms in total. The normalized spacial score (nSPS) is 16.2. The predicted octanol–water partition coefficient (Wildman–Crippen LogP) is 3.13. The number of ketones is 1. The molecule has 2 aromatic rings. The van der Waals surface area contributed by atoms with Gasteiger partial charge in [-0.05, 0) is 43.0 Å². The lowest BCUT2D eigenvalue weighted by atomic mass is 9.80. The Morgan fingerprint density at radius 1 is 1.13 bits per heavy atom. The molecule has 0 saturated heterocycles. The minimum Gasteiger partial charge on any atom is -0.507 e. The lowest BCUT2D eigenvalue weighted by Crippen LogP contribution is -2.40. The molecule has 1 aliphatic carbocycles. The van der Waals surface area contributed by atoms with E-state index >= 15 is 0 Å². The molecular weight excluding hydrogens is 376 g/mol. The number of hydrogen-bond acceptors (Lipinski definition) is 6. The van der Waals surface area contributed by atoms with Gasteiger partial charge in [-0.3, -0.25) is 15.6 Å². The second-order valence-electron chi connectivity index (χ2n) is 7.98. The number of hydrazine groups is 1. The number of hydrogen-bond donors (Lipinski definition) is 4. The highest BCUT2D eigenvalue weighted by Gasteiger charge is 2.26. The van der Waals surface area contributed by atoms with Crippen LogP contribution in [0, 0.1) is 5.92 Å². The van der Waals surface area contributed by atoms with Crippen LogP contribution in [0.3, 0.4) is 0 Å². The number of allylic oxidation sites excluding steroid dienone is 1. The Kier molecular flexibility index (Phi) is 5.65. The number of carbonyl (C=O) groups excluding carboxylic acids is 1. The van der Waals surface area contributed by atoms with Gasteiger partial charge in [0.2, 0.25) is 0 Å². The molecule has 5 N–H and O–H groups in total. The van der Waals surface area contributed by atoms with Gasteiger partial charge in [0.05, 0.1) is 11.4 Å². The molecular formula is C24H28N4O2. The van der Waals surface area contributed by atoms with E-state index in [1.807, 2.05) is 49.5 Å². The third kappa shape index (κ3) is 4.13. The Morgan fingerprint density at radius 3 is 2.53 bits per heavy atom. The summed E-state index contributed by atoms with van der Waals surface area (Å²) in [5.41, 5.74) is 16.5. The molecule has 0 aromatic heterocycles. The van der Waals surface area contributed by atoms with Crippen LogP contribution in [0.5, 0.6) is 5.75 Å². The maximum Gasteiger partial charge on any atom is 0.165 e. The summed E-state index contributed by atoms with van der Waals surface area (Å²) in [5, 5.41) is 10.1. The molecule has 2 aromatic carbocycles. The topological polar surface area (TPSA) is 90.6 Å². The van der Waals surface area contributed by atoms with Crippen molar-refractivity contribution >= 4 is 11.5 Å². The van der Waals surface area contributed by atoms with Gasteiger partial charge in [0.15, 0.2) is 5.78 Å². The lowest BCUT2D eigenvalue weighted by Gasteiger charge is -2.28. The molecule has 0 bridgehead atoms. The van der Waals surface area contributed by atoms with Crippen molar-refractivity contribution < 1.29 is 9.90 Å². The Bertz CT molecular complexity index is 991. The van der Waals surface area contributed by atoms with Crippen molar-refractivity contribution in [3.8, 4) is 5.75 Å². The molecule has 0 atom stereocenters. The first-order valence-corrected chi connectivity index (χ1v) is 10.4. The predicted molar refractivity (Wildman–Crippen MR) is 118 cm³/mol. The molecule has 156 valence electrons. The first-order valence-electron chi connectivity index (χ1n) is 10.4. The number of nitrogens with zero attached hydrogens (tertiary/aromatic N) is 1. The van der Waals surface area contributed by atoms with Gasteiger partial charge in [-0.25, -0.2) is 0 Å². The average molecular weight is 405 g/mol. The van der Waals surface area contributed by atoms with Gasteiger partial charge in [0.1, 0.15) is 11.6 Å². The number of nitrogens with two attached hydrogens (primary N) is 1. The maximum atomic E-state index is 12.4. The standard InChI is InChI=1S/C24H28N4O2/c1-28(14-13-16-9-11-18(12-10-16)23(30)17-5-4-6-17)21-15-20(26-27-24(21)25)19-7-2-3-8-22(19)29/h2-3,7-12,15,17,26-27,29H,4-6,13-14,25H2,1H3. The van der Waals surface area contributed by atoms with E-state index in [-0.39, 0.29) is 17.5 Å². The summed E-state index contributed by atoms with van der Waals surface area (Å²) in [4.78, 5) is 14.4. The molecule has 1 aliphatic heterocycles. The third-order valence-corrected chi connectivity index (χ3v) is 5.94. The molecule has 1 heterocycles. The summed E-state index contributed by atoms with van der Waals surface area (Å²) in [7, 11) is 1.99. The van der Waals surface area contributed by atoms with Crippen molar-refractivity contribution in [2.45, 2.75) is 25.7 Å². The van der Waals surface area contributed by atoms with Gasteiger partial charge in [-0.2, -0.15) is 0 Å². The van der Waals surface area contributed by atoms with Gasteiger partial charge < -0.3 is 15.7 Å². The molecule has 1 saturated carbocycles. The fraction of sp³-hybridized carbons (Fsp3) is 0.292. The monoisotopic (exact) mass is 404 g/mol. The lowest BCUT2D eigenvalue weighted by molar-refractivity contribution is 0.0855. The Morgan fingerprint density at radius 2 is 1.87 bits per heavy atom. The average Bonchev–Trinajstić information content (AvgIpc) is 2.72. The minimum absolute atomic E-state index is 0.206. The highest BCUT2D eigenvalue weighted by atomic mass is 16.3. The van der Waals surface area contributed by atoms with Crippen molar-refractivity contribution in [3.05, 3.63) is 82.8 Å². The number of para-hydroxylation sites is 1. The second kappa shape index (κ2) is 8.53. The summed E-state index contributed by atoms with van der Waals surface area (Å²) in [6.07, 6.45) is 5.99. The second-order valence-corrected chi connectivity index (χ2v) is 7.98. The molecule has 4 rings (SSSR count). The number of aromatic hydroxyl groups is 1. The van der Waals surface area contributed by atoms with Crippen LogP contribution in [0.4, 0.5) is 0 Å². The first kappa shape index (κ1) is 19.9. The van der Waals surface area contributed by atoms with Crippen molar-refractivity contribution in [1.29, 1.82) is 0 Å². The van der Waals surface area contributed by atoms with E-state index in [2.05, 4.69) is 15.8 Å². The summed E-state index contributed by atoms with van der Waals surface area (Å²) in [6, 6.07) is 15.2. The Hall–Kier alpha value is -3.41. The van der Waals surface area contributed by atoms with Crippen LogP contribution in [0.15, 0.2) is 66.1 Å². The zero-order chi connectivity index (χ0) is 21.1. The molecule has 6 heteroatoms. The van der Waals surface area contributed by atoms with Crippen LogP contribution in [0.1, 0.15) is 40.7 Å². The van der Waals surface area contributed by atoms with Crippen molar-refractivity contribution in [2.24, 2.45) is 11.7 Å². The van der Waals surface area contributed by atoms with Crippen LogP contribution in [0.2, 0.25) is 0 Å². The number of likely N-dealkylation sites (N-methyl/N-ethyl adjacent to an activating group) is 1. The molecule has 0 spiro atoms. The summed E-state index contributed by atoms with van der Waals surface area (Å²) >= 11 is 0. The Balaban J connectivity index is 1.41. The quantitative estimate of drug-likeness (QED) is 0.530. The van der Waals surface area contributed by atoms with Crippen LogP contribution < -0.4 is 16.6 Å². The van der Waals surface area contributed by atoms with Crippen LogP contribution in [-0.2, 0) is 6.42 Å².